The molecule has 0 radical (unpaired) electrons. The van der Waals surface area contributed by atoms with Crippen LogP contribution in [0, 0.1) is 5.92 Å². The summed E-state index contributed by atoms with van der Waals surface area (Å²) in [5.74, 6) is -0.0464. The van der Waals surface area contributed by atoms with Gasteiger partial charge in [0.1, 0.15) is 17.3 Å². The van der Waals surface area contributed by atoms with E-state index in [1.165, 1.54) is 9.58 Å². The second-order valence-corrected chi connectivity index (χ2v) is 8.36. The first kappa shape index (κ1) is 23.9. The molecule has 0 fully saturated rings. The van der Waals surface area contributed by atoms with E-state index in [1.54, 1.807) is 43.5 Å². The van der Waals surface area contributed by atoms with Crippen molar-refractivity contribution in [3.63, 3.8) is 0 Å². The van der Waals surface area contributed by atoms with Crippen LogP contribution in [-0.2, 0) is 16.6 Å². The molecule has 0 bridgehead atoms. The van der Waals surface area contributed by atoms with E-state index in [0.29, 0.717) is 28.7 Å². The lowest BCUT2D eigenvalue weighted by atomic mass is 9.92. The van der Waals surface area contributed by atoms with E-state index in [1.807, 2.05) is 0 Å². The van der Waals surface area contributed by atoms with Crippen molar-refractivity contribution in [3.05, 3.63) is 55.3 Å². The number of aromatic nitrogens is 4. The van der Waals surface area contributed by atoms with Gasteiger partial charge in [-0.2, -0.15) is 0 Å². The van der Waals surface area contributed by atoms with Crippen LogP contribution in [0.1, 0.15) is 16.9 Å². The van der Waals surface area contributed by atoms with Crippen molar-refractivity contribution in [1.82, 2.24) is 19.7 Å². The second-order valence-electron chi connectivity index (χ2n) is 8.36. The standard InChI is InChI=1S/C25H24N6O6/c1-4-6-15-22(33)21-24(31(9-5-2)25(15)34)28-23(27-21)16-11-20(29-30(16)3)35-12-19(32)26-14-7-8-17-18(10-14)37-13-36-17/h4-5,7-8,10-11,15H,1-2,6,9,12-13H2,3H3,(H,26,32)(H,27,28). The summed E-state index contributed by atoms with van der Waals surface area (Å²) in [5, 5.41) is 7.00. The van der Waals surface area contributed by atoms with Crippen LogP contribution >= 0.6 is 0 Å². The first-order chi connectivity index (χ1) is 17.9. The van der Waals surface area contributed by atoms with Gasteiger partial charge in [-0.25, -0.2) is 4.98 Å². The third-order valence-electron chi connectivity index (χ3n) is 5.89. The third kappa shape index (κ3) is 4.44. The molecule has 2 aliphatic rings. The van der Waals surface area contributed by atoms with Crippen LogP contribution in [0.25, 0.3) is 11.5 Å². The van der Waals surface area contributed by atoms with E-state index >= 15 is 0 Å². The zero-order chi connectivity index (χ0) is 26.1. The van der Waals surface area contributed by atoms with Gasteiger partial charge in [0, 0.05) is 31.4 Å². The number of anilines is 2. The molecule has 1 atom stereocenters. The van der Waals surface area contributed by atoms with Crippen LogP contribution < -0.4 is 24.4 Å². The van der Waals surface area contributed by atoms with Crippen molar-refractivity contribution in [2.45, 2.75) is 6.42 Å². The number of Topliss-reactive ketones (excluding diaryl/α,β-unsaturated/α-hetero) is 1. The van der Waals surface area contributed by atoms with Crippen LogP contribution in [0.3, 0.4) is 0 Å². The molecule has 12 nitrogen and oxygen atoms in total. The number of H-pyrrole nitrogens is 1. The van der Waals surface area contributed by atoms with Crippen LogP contribution in [0.15, 0.2) is 49.6 Å². The summed E-state index contributed by atoms with van der Waals surface area (Å²) in [6.45, 7) is 7.41. The van der Waals surface area contributed by atoms with E-state index in [2.05, 4.69) is 33.5 Å². The Morgan fingerprint density at radius 2 is 2.05 bits per heavy atom. The number of nitrogens with zero attached hydrogens (tertiary/aromatic N) is 4. The minimum Gasteiger partial charge on any atom is -0.466 e. The number of imidazole rings is 1. The Bertz CT molecular complexity index is 1420. The maximum atomic E-state index is 13.0. The predicted molar refractivity (Wildman–Crippen MR) is 133 cm³/mol. The van der Waals surface area contributed by atoms with Gasteiger partial charge in [0.25, 0.3) is 5.91 Å². The molecule has 1 aromatic carbocycles. The fourth-order valence-corrected chi connectivity index (χ4v) is 4.16. The maximum Gasteiger partial charge on any atom is 0.262 e. The number of hydrogen-bond acceptors (Lipinski definition) is 8. The number of carbonyl (C=O) groups is 3. The molecule has 1 unspecified atom stereocenters. The molecule has 2 aromatic heterocycles. The van der Waals surface area contributed by atoms with Gasteiger partial charge in [-0.05, 0) is 18.6 Å². The molecule has 0 spiro atoms. The molecule has 0 aliphatic carbocycles. The zero-order valence-corrected chi connectivity index (χ0v) is 20.0. The number of benzene rings is 1. The van der Waals surface area contributed by atoms with Crippen LogP contribution in [0.2, 0.25) is 0 Å². The van der Waals surface area contributed by atoms with Crippen molar-refractivity contribution >= 4 is 29.1 Å². The van der Waals surface area contributed by atoms with Gasteiger partial charge in [0.2, 0.25) is 18.6 Å². The molecule has 5 rings (SSSR count). The highest BCUT2D eigenvalue weighted by Gasteiger charge is 2.41. The highest BCUT2D eigenvalue weighted by Crippen LogP contribution is 2.35. The first-order valence-corrected chi connectivity index (χ1v) is 11.4. The topological polar surface area (TPSA) is 141 Å². The fraction of sp³-hybridized carbons (Fsp3) is 0.240. The lowest BCUT2D eigenvalue weighted by Crippen LogP contribution is -2.44. The van der Waals surface area contributed by atoms with Gasteiger partial charge in [-0.3, -0.25) is 24.0 Å². The number of aryl methyl sites for hydroxylation is 1. The Morgan fingerprint density at radius 3 is 2.84 bits per heavy atom. The second kappa shape index (κ2) is 9.64. The smallest absolute Gasteiger partial charge is 0.262 e. The SMILES string of the molecule is C=CCC1C(=O)c2[nH]c(-c3cc(OCC(=O)Nc4ccc5c(c4)OCO5)nn3C)nc2N(CC=C)C1=O. The number of hydrogen-bond donors (Lipinski definition) is 2. The number of fused-ring (bicyclic) bond motifs is 2. The normalized spacial score (nSPS) is 15.9. The van der Waals surface area contributed by atoms with Gasteiger partial charge in [-0.1, -0.05) is 12.2 Å². The van der Waals surface area contributed by atoms with Crippen molar-refractivity contribution in [2.24, 2.45) is 13.0 Å². The predicted octanol–water partition coefficient (Wildman–Crippen LogP) is 2.46. The summed E-state index contributed by atoms with van der Waals surface area (Å²) in [4.78, 5) is 47.2. The lowest BCUT2D eigenvalue weighted by Gasteiger charge is -2.28. The zero-order valence-electron chi connectivity index (χ0n) is 20.0. The fourth-order valence-electron chi connectivity index (χ4n) is 4.16. The first-order valence-electron chi connectivity index (χ1n) is 11.4. The van der Waals surface area contributed by atoms with Crippen molar-refractivity contribution in [2.75, 3.05) is 30.2 Å². The number of carbonyl (C=O) groups excluding carboxylic acids is 3. The van der Waals surface area contributed by atoms with Crippen molar-refractivity contribution in [3.8, 4) is 28.9 Å². The van der Waals surface area contributed by atoms with E-state index in [4.69, 9.17) is 14.2 Å². The quantitative estimate of drug-likeness (QED) is 0.335. The maximum absolute atomic E-state index is 13.0. The number of rotatable bonds is 9. The van der Waals surface area contributed by atoms with Crippen LogP contribution in [0.4, 0.5) is 11.5 Å². The molecule has 190 valence electrons. The van der Waals surface area contributed by atoms with Gasteiger partial charge in [0.05, 0.1) is 0 Å². The van der Waals surface area contributed by atoms with Crippen molar-refractivity contribution in [1.29, 1.82) is 0 Å². The molecule has 37 heavy (non-hydrogen) atoms. The highest BCUT2D eigenvalue weighted by atomic mass is 16.7. The Balaban J connectivity index is 1.31. The van der Waals surface area contributed by atoms with Gasteiger partial charge in [-0.15, -0.1) is 18.3 Å². The Kier molecular flexibility index (Phi) is 6.22. The summed E-state index contributed by atoms with van der Waals surface area (Å²) in [6, 6.07) is 6.66. The Morgan fingerprint density at radius 1 is 1.24 bits per heavy atom. The molecular formula is C25H24N6O6. The molecule has 0 saturated carbocycles. The molecule has 12 heteroatoms. The van der Waals surface area contributed by atoms with E-state index in [0.717, 1.165) is 0 Å². The van der Waals surface area contributed by atoms with Gasteiger partial charge < -0.3 is 24.5 Å². The number of ether oxygens (including phenoxy) is 3. The monoisotopic (exact) mass is 504 g/mol. The largest absolute Gasteiger partial charge is 0.466 e. The van der Waals surface area contributed by atoms with Crippen LogP contribution in [0.5, 0.6) is 17.4 Å². The number of allylic oxidation sites excluding steroid dienone is 1. The molecule has 2 N–H and O–H groups in total. The number of aromatic amines is 1. The average Bonchev–Trinajstić information content (AvgIpc) is 3.61. The summed E-state index contributed by atoms with van der Waals surface area (Å²) in [7, 11) is 1.67. The molecule has 2 amide bonds. The minimum atomic E-state index is -0.869. The number of ketones is 1. The van der Waals surface area contributed by atoms with Gasteiger partial charge in [0.15, 0.2) is 35.5 Å². The van der Waals surface area contributed by atoms with E-state index < -0.39 is 11.8 Å². The minimum absolute atomic E-state index is 0.142. The Hall–Kier alpha value is -4.87. The number of amides is 2. The van der Waals surface area contributed by atoms with Crippen molar-refractivity contribution < 1.29 is 28.6 Å². The molecule has 3 aromatic rings. The molecular weight excluding hydrogens is 480 g/mol. The average molecular weight is 505 g/mol. The lowest BCUT2D eigenvalue weighted by molar-refractivity contribution is -0.121. The summed E-state index contributed by atoms with van der Waals surface area (Å²) >= 11 is 0. The number of nitrogens with one attached hydrogen (secondary N) is 2. The third-order valence-corrected chi connectivity index (χ3v) is 5.89. The summed E-state index contributed by atoms with van der Waals surface area (Å²) in [6.07, 6.45) is 3.33. The highest BCUT2D eigenvalue weighted by molar-refractivity contribution is 6.20. The van der Waals surface area contributed by atoms with Crippen LogP contribution in [-0.4, -0.2) is 57.3 Å². The molecule has 2 aliphatic heterocycles. The molecule has 4 heterocycles. The van der Waals surface area contributed by atoms with Gasteiger partial charge >= 0.3 is 0 Å². The van der Waals surface area contributed by atoms with E-state index in [-0.39, 0.29) is 55.4 Å². The molecule has 0 saturated heterocycles. The Labute approximate surface area is 211 Å². The van der Waals surface area contributed by atoms with E-state index in [9.17, 15) is 14.4 Å². The summed E-state index contributed by atoms with van der Waals surface area (Å²) < 4.78 is 17.6. The summed E-state index contributed by atoms with van der Waals surface area (Å²) in [5.41, 5.74) is 1.27.